The summed E-state index contributed by atoms with van der Waals surface area (Å²) in [6.07, 6.45) is 1.47. The van der Waals surface area contributed by atoms with Crippen molar-refractivity contribution in [2.75, 3.05) is 5.32 Å². The van der Waals surface area contributed by atoms with Crippen molar-refractivity contribution in [2.45, 2.75) is 13.0 Å². The molecule has 0 aliphatic carbocycles. The molecule has 15 heavy (non-hydrogen) atoms. The maximum Gasteiger partial charge on any atom is 0.202 e. The number of aromatic nitrogens is 2. The largest absolute Gasteiger partial charge is 0.354 e. The molecule has 0 radical (unpaired) electrons. The molecule has 1 aromatic heterocycles. The van der Waals surface area contributed by atoms with Crippen LogP contribution in [-0.2, 0) is 0 Å². The van der Waals surface area contributed by atoms with Crippen LogP contribution in [0.5, 0.6) is 0 Å². The molecule has 1 unspecified atom stereocenters. The standard InChI is InChI=1S/C10H10FN3S/c1-7(14-10-12-6-13-15-10)8-4-2-3-5-9(8)11/h2-7H,1H3,(H,12,13,14). The Morgan fingerprint density at radius 1 is 1.40 bits per heavy atom. The van der Waals surface area contributed by atoms with Crippen LogP contribution >= 0.6 is 11.5 Å². The second kappa shape index (κ2) is 4.35. The first-order valence-corrected chi connectivity index (χ1v) is 5.32. The minimum atomic E-state index is -0.206. The smallest absolute Gasteiger partial charge is 0.202 e. The fourth-order valence-electron chi connectivity index (χ4n) is 1.33. The molecule has 3 nitrogen and oxygen atoms in total. The highest BCUT2D eigenvalue weighted by atomic mass is 32.1. The van der Waals surface area contributed by atoms with Crippen LogP contribution in [0.15, 0.2) is 30.6 Å². The van der Waals surface area contributed by atoms with Gasteiger partial charge in [-0.25, -0.2) is 9.37 Å². The van der Waals surface area contributed by atoms with Crippen molar-refractivity contribution in [3.63, 3.8) is 0 Å². The Morgan fingerprint density at radius 3 is 2.87 bits per heavy atom. The molecule has 0 fully saturated rings. The lowest BCUT2D eigenvalue weighted by Gasteiger charge is -2.13. The average molecular weight is 223 g/mol. The molecule has 0 saturated carbocycles. The summed E-state index contributed by atoms with van der Waals surface area (Å²) in [6, 6.07) is 6.59. The van der Waals surface area contributed by atoms with Gasteiger partial charge in [0.15, 0.2) is 0 Å². The fraction of sp³-hybridized carbons (Fsp3) is 0.200. The molecule has 1 N–H and O–H groups in total. The van der Waals surface area contributed by atoms with Gasteiger partial charge in [-0.05, 0) is 13.0 Å². The highest BCUT2D eigenvalue weighted by molar-refractivity contribution is 7.09. The maximum atomic E-state index is 13.4. The van der Waals surface area contributed by atoms with Crippen LogP contribution in [0.1, 0.15) is 18.5 Å². The lowest BCUT2D eigenvalue weighted by molar-refractivity contribution is 0.600. The van der Waals surface area contributed by atoms with Crippen molar-refractivity contribution in [3.05, 3.63) is 42.0 Å². The van der Waals surface area contributed by atoms with Gasteiger partial charge in [-0.3, -0.25) is 0 Å². The van der Waals surface area contributed by atoms with E-state index in [1.807, 2.05) is 13.0 Å². The third kappa shape index (κ3) is 2.30. The van der Waals surface area contributed by atoms with Crippen molar-refractivity contribution in [1.29, 1.82) is 0 Å². The Labute approximate surface area is 91.2 Å². The van der Waals surface area contributed by atoms with E-state index < -0.39 is 0 Å². The molecule has 1 heterocycles. The summed E-state index contributed by atoms with van der Waals surface area (Å²) in [6.45, 7) is 1.89. The zero-order chi connectivity index (χ0) is 10.7. The van der Waals surface area contributed by atoms with Gasteiger partial charge >= 0.3 is 0 Å². The topological polar surface area (TPSA) is 37.8 Å². The molecular weight excluding hydrogens is 213 g/mol. The molecule has 0 bridgehead atoms. The van der Waals surface area contributed by atoms with Gasteiger partial charge in [0, 0.05) is 17.1 Å². The highest BCUT2D eigenvalue weighted by Crippen LogP contribution is 2.21. The van der Waals surface area contributed by atoms with E-state index in [1.165, 1.54) is 23.9 Å². The summed E-state index contributed by atoms with van der Waals surface area (Å²) in [7, 11) is 0. The first-order valence-electron chi connectivity index (χ1n) is 4.55. The number of hydrogen-bond acceptors (Lipinski definition) is 4. The van der Waals surface area contributed by atoms with E-state index in [-0.39, 0.29) is 11.9 Å². The number of halogens is 1. The molecule has 0 saturated heterocycles. The molecule has 2 rings (SSSR count). The zero-order valence-corrected chi connectivity index (χ0v) is 8.96. The summed E-state index contributed by atoms with van der Waals surface area (Å²) in [5.41, 5.74) is 0.632. The summed E-state index contributed by atoms with van der Waals surface area (Å²) in [5.74, 6) is -0.206. The summed E-state index contributed by atoms with van der Waals surface area (Å²) >= 11 is 1.26. The van der Waals surface area contributed by atoms with E-state index in [1.54, 1.807) is 12.1 Å². The minimum Gasteiger partial charge on any atom is -0.354 e. The van der Waals surface area contributed by atoms with Crippen molar-refractivity contribution in [1.82, 2.24) is 9.36 Å². The van der Waals surface area contributed by atoms with Crippen LogP contribution in [0, 0.1) is 5.82 Å². The van der Waals surface area contributed by atoms with E-state index in [4.69, 9.17) is 0 Å². The predicted octanol–water partition coefficient (Wildman–Crippen LogP) is 2.85. The van der Waals surface area contributed by atoms with Gasteiger partial charge < -0.3 is 5.32 Å². The number of nitrogens with zero attached hydrogens (tertiary/aromatic N) is 2. The molecule has 0 spiro atoms. The Hall–Kier alpha value is -1.49. The Balaban J connectivity index is 2.15. The van der Waals surface area contributed by atoms with Crippen LogP contribution in [-0.4, -0.2) is 9.36 Å². The number of rotatable bonds is 3. The predicted molar refractivity (Wildman–Crippen MR) is 58.3 cm³/mol. The van der Waals surface area contributed by atoms with Gasteiger partial charge in [-0.1, -0.05) is 18.2 Å². The van der Waals surface area contributed by atoms with Gasteiger partial charge in [0.2, 0.25) is 5.13 Å². The van der Waals surface area contributed by atoms with E-state index >= 15 is 0 Å². The number of anilines is 1. The average Bonchev–Trinajstić information content (AvgIpc) is 2.71. The fourth-order valence-corrected chi connectivity index (χ4v) is 1.84. The van der Waals surface area contributed by atoms with E-state index in [0.717, 1.165) is 0 Å². The zero-order valence-electron chi connectivity index (χ0n) is 8.14. The molecule has 0 aliphatic rings. The summed E-state index contributed by atoms with van der Waals surface area (Å²) < 4.78 is 17.3. The molecule has 78 valence electrons. The maximum absolute atomic E-state index is 13.4. The van der Waals surface area contributed by atoms with Crippen LogP contribution in [0.3, 0.4) is 0 Å². The Morgan fingerprint density at radius 2 is 2.20 bits per heavy atom. The van der Waals surface area contributed by atoms with E-state index in [0.29, 0.717) is 10.7 Å². The number of hydrogen-bond donors (Lipinski definition) is 1. The number of nitrogens with one attached hydrogen (secondary N) is 1. The van der Waals surface area contributed by atoms with E-state index in [2.05, 4.69) is 14.7 Å². The Bertz CT molecular complexity index is 430. The number of benzene rings is 1. The molecule has 0 amide bonds. The van der Waals surface area contributed by atoms with Crippen molar-refractivity contribution < 1.29 is 4.39 Å². The molecule has 0 aliphatic heterocycles. The normalized spacial score (nSPS) is 12.4. The first-order chi connectivity index (χ1) is 7.27. The molecule has 2 aromatic rings. The summed E-state index contributed by atoms with van der Waals surface area (Å²) in [4.78, 5) is 3.99. The Kier molecular flexibility index (Phi) is 2.91. The van der Waals surface area contributed by atoms with Crippen molar-refractivity contribution in [2.24, 2.45) is 0 Å². The van der Waals surface area contributed by atoms with Gasteiger partial charge in [0.25, 0.3) is 0 Å². The molecular formula is C10H10FN3S. The van der Waals surface area contributed by atoms with Crippen LogP contribution in [0.2, 0.25) is 0 Å². The van der Waals surface area contributed by atoms with Gasteiger partial charge in [-0.15, -0.1) is 0 Å². The van der Waals surface area contributed by atoms with Crippen LogP contribution in [0.25, 0.3) is 0 Å². The SMILES string of the molecule is CC(Nc1ncns1)c1ccccc1F. The third-order valence-corrected chi connectivity index (χ3v) is 2.67. The lowest BCUT2D eigenvalue weighted by atomic mass is 10.1. The highest BCUT2D eigenvalue weighted by Gasteiger charge is 2.10. The lowest BCUT2D eigenvalue weighted by Crippen LogP contribution is -2.08. The molecule has 1 atom stereocenters. The van der Waals surface area contributed by atoms with Gasteiger partial charge in [0.05, 0.1) is 6.04 Å². The van der Waals surface area contributed by atoms with Crippen LogP contribution in [0.4, 0.5) is 9.52 Å². The second-order valence-electron chi connectivity index (χ2n) is 3.13. The van der Waals surface area contributed by atoms with Crippen molar-refractivity contribution >= 4 is 16.7 Å². The monoisotopic (exact) mass is 223 g/mol. The minimum absolute atomic E-state index is 0.112. The van der Waals surface area contributed by atoms with E-state index in [9.17, 15) is 4.39 Å². The van der Waals surface area contributed by atoms with Crippen LogP contribution < -0.4 is 5.32 Å². The first kappa shape index (κ1) is 10.0. The third-order valence-electron chi connectivity index (χ3n) is 2.07. The van der Waals surface area contributed by atoms with Crippen molar-refractivity contribution in [3.8, 4) is 0 Å². The summed E-state index contributed by atoms with van der Waals surface area (Å²) in [5, 5.41) is 3.78. The molecule has 5 heteroatoms. The quantitative estimate of drug-likeness (QED) is 0.869. The second-order valence-corrected chi connectivity index (χ2v) is 3.91. The van der Waals surface area contributed by atoms with Gasteiger partial charge in [0.1, 0.15) is 12.1 Å². The molecule has 1 aromatic carbocycles. The van der Waals surface area contributed by atoms with Gasteiger partial charge in [-0.2, -0.15) is 4.37 Å².